The van der Waals surface area contributed by atoms with Crippen molar-refractivity contribution < 1.29 is 9.34 Å². The number of aryl methyl sites for hydroxylation is 1. The largest absolute Gasteiger partial charge is 0.433 e. The number of thiophene rings is 1. The minimum absolute atomic E-state index is 0.214. The van der Waals surface area contributed by atoms with E-state index in [1.165, 1.54) is 15.8 Å². The molecule has 0 atom stereocenters. The van der Waals surface area contributed by atoms with Gasteiger partial charge in [0.05, 0.1) is 12.6 Å². The maximum absolute atomic E-state index is 10.4. The van der Waals surface area contributed by atoms with Crippen molar-refractivity contribution in [2.45, 2.75) is 20.0 Å². The van der Waals surface area contributed by atoms with Crippen LogP contribution >= 0.6 is 11.3 Å². The molecule has 0 bridgehead atoms. The second-order valence-electron chi connectivity index (χ2n) is 3.61. The third-order valence-corrected chi connectivity index (χ3v) is 3.22. The van der Waals surface area contributed by atoms with Crippen LogP contribution in [-0.2, 0) is 13.1 Å². The molecule has 90 valence electrons. The van der Waals surface area contributed by atoms with Gasteiger partial charge in [-0.1, -0.05) is 0 Å². The topological polar surface area (TPSA) is 68.3 Å². The summed E-state index contributed by atoms with van der Waals surface area (Å²) in [7, 11) is 0. The zero-order valence-electron chi connectivity index (χ0n) is 9.30. The molecule has 0 aliphatic heterocycles. The lowest BCUT2D eigenvalue weighted by molar-refractivity contribution is -0.402. The summed E-state index contributed by atoms with van der Waals surface area (Å²) < 4.78 is 5.03. The van der Waals surface area contributed by atoms with Gasteiger partial charge in [-0.15, -0.1) is 11.3 Å². The Bertz CT molecular complexity index is 518. The summed E-state index contributed by atoms with van der Waals surface area (Å²) >= 11 is 1.73. The van der Waals surface area contributed by atoms with Crippen LogP contribution < -0.4 is 5.32 Å². The number of nitro groups is 1. The van der Waals surface area contributed by atoms with Crippen LogP contribution in [0.25, 0.3) is 0 Å². The molecule has 0 spiro atoms. The van der Waals surface area contributed by atoms with Crippen molar-refractivity contribution in [3.8, 4) is 0 Å². The summed E-state index contributed by atoms with van der Waals surface area (Å²) in [4.78, 5) is 12.4. The Morgan fingerprint density at radius 3 is 2.76 bits per heavy atom. The third kappa shape index (κ3) is 3.15. The predicted octanol–water partition coefficient (Wildman–Crippen LogP) is 2.85. The van der Waals surface area contributed by atoms with Crippen molar-refractivity contribution in [1.82, 2.24) is 5.32 Å². The molecule has 2 aromatic heterocycles. The van der Waals surface area contributed by atoms with Gasteiger partial charge in [0.25, 0.3) is 0 Å². The maximum atomic E-state index is 10.4. The SMILES string of the molecule is Cc1ccc(CNCc2ccc([N+](=O)[O-])o2)s1. The fourth-order valence-corrected chi connectivity index (χ4v) is 2.31. The summed E-state index contributed by atoms with van der Waals surface area (Å²) in [5.74, 6) is 0.360. The highest BCUT2D eigenvalue weighted by molar-refractivity contribution is 7.11. The van der Waals surface area contributed by atoms with E-state index in [0.29, 0.717) is 12.3 Å². The highest BCUT2D eigenvalue weighted by Gasteiger charge is 2.11. The van der Waals surface area contributed by atoms with E-state index in [0.717, 1.165) is 6.54 Å². The minimum atomic E-state index is -0.536. The Kier molecular flexibility index (Phi) is 3.55. The van der Waals surface area contributed by atoms with Gasteiger partial charge in [0.15, 0.2) is 0 Å². The molecule has 2 rings (SSSR count). The van der Waals surface area contributed by atoms with Crippen molar-refractivity contribution >= 4 is 17.2 Å². The van der Waals surface area contributed by atoms with Crippen LogP contribution in [0.5, 0.6) is 0 Å². The molecule has 2 aromatic rings. The molecule has 2 heterocycles. The monoisotopic (exact) mass is 252 g/mol. The Labute approximate surface area is 102 Å². The average Bonchev–Trinajstić information content (AvgIpc) is 2.88. The summed E-state index contributed by atoms with van der Waals surface area (Å²) in [6, 6.07) is 7.12. The minimum Gasteiger partial charge on any atom is -0.404 e. The van der Waals surface area contributed by atoms with Crippen LogP contribution in [-0.4, -0.2) is 4.92 Å². The van der Waals surface area contributed by atoms with Crippen LogP contribution in [0.4, 0.5) is 5.88 Å². The molecule has 6 heteroatoms. The average molecular weight is 252 g/mol. The Balaban J connectivity index is 1.83. The summed E-state index contributed by atoms with van der Waals surface area (Å²) in [5.41, 5.74) is 0. The van der Waals surface area contributed by atoms with E-state index in [9.17, 15) is 10.1 Å². The molecule has 0 saturated carbocycles. The zero-order valence-corrected chi connectivity index (χ0v) is 10.1. The van der Waals surface area contributed by atoms with Gasteiger partial charge in [-0.3, -0.25) is 10.1 Å². The molecule has 0 unspecified atom stereocenters. The van der Waals surface area contributed by atoms with Crippen molar-refractivity contribution in [3.05, 3.63) is 49.9 Å². The van der Waals surface area contributed by atoms with Crippen molar-refractivity contribution in [2.75, 3.05) is 0 Å². The molecule has 0 radical (unpaired) electrons. The van der Waals surface area contributed by atoms with Crippen molar-refractivity contribution in [1.29, 1.82) is 0 Å². The summed E-state index contributed by atoms with van der Waals surface area (Å²) in [6.45, 7) is 3.29. The Morgan fingerprint density at radius 2 is 2.18 bits per heavy atom. The number of hydrogen-bond donors (Lipinski definition) is 1. The van der Waals surface area contributed by atoms with Gasteiger partial charge in [0, 0.05) is 16.3 Å². The number of nitrogens with zero attached hydrogens (tertiary/aromatic N) is 1. The second-order valence-corrected chi connectivity index (χ2v) is 4.99. The van der Waals surface area contributed by atoms with E-state index in [4.69, 9.17) is 4.42 Å². The summed E-state index contributed by atoms with van der Waals surface area (Å²) in [6.07, 6.45) is 0. The number of furan rings is 1. The van der Waals surface area contributed by atoms with Gasteiger partial charge in [-0.25, -0.2) is 0 Å². The third-order valence-electron chi connectivity index (χ3n) is 2.22. The van der Waals surface area contributed by atoms with E-state index in [1.54, 1.807) is 17.4 Å². The molecule has 0 saturated heterocycles. The number of rotatable bonds is 5. The molecular weight excluding hydrogens is 240 g/mol. The predicted molar refractivity (Wildman–Crippen MR) is 65.0 cm³/mol. The fraction of sp³-hybridized carbons (Fsp3) is 0.273. The van der Waals surface area contributed by atoms with Gasteiger partial charge in [-0.2, -0.15) is 0 Å². The van der Waals surface area contributed by atoms with E-state index in [1.807, 2.05) is 0 Å². The highest BCUT2D eigenvalue weighted by atomic mass is 32.1. The van der Waals surface area contributed by atoms with E-state index in [-0.39, 0.29) is 5.88 Å². The second kappa shape index (κ2) is 5.11. The lowest BCUT2D eigenvalue weighted by atomic mass is 10.4. The quantitative estimate of drug-likeness (QED) is 0.656. The van der Waals surface area contributed by atoms with Gasteiger partial charge < -0.3 is 9.73 Å². The van der Waals surface area contributed by atoms with Crippen molar-refractivity contribution in [2.24, 2.45) is 0 Å². The smallest absolute Gasteiger partial charge is 0.404 e. The fourth-order valence-electron chi connectivity index (χ4n) is 1.45. The van der Waals surface area contributed by atoms with Crippen LogP contribution in [0.2, 0.25) is 0 Å². The molecule has 5 nitrogen and oxygen atoms in total. The normalized spacial score (nSPS) is 10.6. The lowest BCUT2D eigenvalue weighted by Crippen LogP contribution is -2.10. The number of nitrogens with one attached hydrogen (secondary N) is 1. The summed E-state index contributed by atoms with van der Waals surface area (Å²) in [5, 5.41) is 13.6. The standard InChI is InChI=1S/C11H12N2O3S/c1-8-2-4-10(17-8)7-12-6-9-3-5-11(16-9)13(14)15/h2-5,12H,6-7H2,1H3. The van der Waals surface area contributed by atoms with Crippen LogP contribution in [0.3, 0.4) is 0 Å². The molecule has 0 fully saturated rings. The number of hydrogen-bond acceptors (Lipinski definition) is 5. The first-order valence-corrected chi connectivity index (χ1v) is 5.96. The molecule has 0 aliphatic rings. The van der Waals surface area contributed by atoms with Gasteiger partial charge in [0.1, 0.15) is 10.7 Å². The van der Waals surface area contributed by atoms with Crippen LogP contribution in [0, 0.1) is 17.0 Å². The van der Waals surface area contributed by atoms with Gasteiger partial charge in [0.2, 0.25) is 0 Å². The van der Waals surface area contributed by atoms with E-state index in [2.05, 4.69) is 24.4 Å². The first kappa shape index (κ1) is 11.8. The molecule has 1 N–H and O–H groups in total. The Morgan fingerprint density at radius 1 is 1.35 bits per heavy atom. The molecular formula is C11H12N2O3S. The van der Waals surface area contributed by atoms with Gasteiger partial charge >= 0.3 is 5.88 Å². The highest BCUT2D eigenvalue weighted by Crippen LogP contribution is 2.17. The van der Waals surface area contributed by atoms with Gasteiger partial charge in [-0.05, 0) is 25.1 Å². The first-order chi connectivity index (χ1) is 8.15. The maximum Gasteiger partial charge on any atom is 0.433 e. The molecule has 0 aromatic carbocycles. The lowest BCUT2D eigenvalue weighted by Gasteiger charge is -1.99. The molecule has 17 heavy (non-hydrogen) atoms. The zero-order chi connectivity index (χ0) is 12.3. The van der Waals surface area contributed by atoms with Crippen molar-refractivity contribution in [3.63, 3.8) is 0 Å². The van der Waals surface area contributed by atoms with Crippen LogP contribution in [0.15, 0.2) is 28.7 Å². The van der Waals surface area contributed by atoms with E-state index < -0.39 is 4.92 Å². The molecule has 0 aliphatic carbocycles. The first-order valence-electron chi connectivity index (χ1n) is 5.14. The Hall–Kier alpha value is -1.66. The van der Waals surface area contributed by atoms with E-state index >= 15 is 0 Å². The van der Waals surface area contributed by atoms with Crippen LogP contribution in [0.1, 0.15) is 15.5 Å². The molecule has 0 amide bonds.